The van der Waals surface area contributed by atoms with Crippen LogP contribution in [0.3, 0.4) is 0 Å². The highest BCUT2D eigenvalue weighted by molar-refractivity contribution is 5.85. The molecule has 1 rings (SSSR count). The number of benzene rings is 1. The van der Waals surface area contributed by atoms with Crippen molar-refractivity contribution in [3.63, 3.8) is 0 Å². The van der Waals surface area contributed by atoms with E-state index < -0.39 is 5.97 Å². The van der Waals surface area contributed by atoms with Crippen LogP contribution in [0.2, 0.25) is 0 Å². The van der Waals surface area contributed by atoms with Crippen molar-refractivity contribution in [3.8, 4) is 0 Å². The van der Waals surface area contributed by atoms with Gasteiger partial charge >= 0.3 is 5.97 Å². The molecule has 1 aromatic rings. The normalized spacial score (nSPS) is 10.8. The first kappa shape index (κ1) is 14.3. The number of carboxylic acids is 1. The van der Waals surface area contributed by atoms with Gasteiger partial charge in [-0.25, -0.2) is 4.79 Å². The van der Waals surface area contributed by atoms with Crippen molar-refractivity contribution in [3.05, 3.63) is 35.9 Å². The molecule has 0 aliphatic rings. The molecular weight excluding hydrogens is 230 g/mol. The van der Waals surface area contributed by atoms with Crippen molar-refractivity contribution in [2.24, 2.45) is 0 Å². The molecule has 4 heteroatoms. The second kappa shape index (κ2) is 7.50. The molecular formula is C14H19NO3. The Morgan fingerprint density at radius 1 is 1.39 bits per heavy atom. The van der Waals surface area contributed by atoms with Crippen LogP contribution in [0.1, 0.15) is 12.5 Å². The highest BCUT2D eigenvalue weighted by Gasteiger charge is 2.03. The van der Waals surface area contributed by atoms with Crippen LogP contribution in [-0.4, -0.2) is 37.9 Å². The van der Waals surface area contributed by atoms with E-state index in [1.54, 1.807) is 13.2 Å². The lowest BCUT2D eigenvalue weighted by Gasteiger charge is -2.22. The van der Waals surface area contributed by atoms with Crippen LogP contribution >= 0.6 is 0 Å². The zero-order chi connectivity index (χ0) is 13.4. The molecule has 0 atom stereocenters. The maximum Gasteiger partial charge on any atom is 0.328 e. The smallest absolute Gasteiger partial charge is 0.328 e. The number of hydrogen-bond donors (Lipinski definition) is 1. The van der Waals surface area contributed by atoms with Crippen molar-refractivity contribution in [2.45, 2.75) is 6.92 Å². The Balaban J connectivity index is 2.71. The zero-order valence-electron chi connectivity index (χ0n) is 10.8. The highest BCUT2D eigenvalue weighted by Crippen LogP contribution is 2.15. The third-order valence-electron chi connectivity index (χ3n) is 2.62. The summed E-state index contributed by atoms with van der Waals surface area (Å²) in [5, 5.41) is 8.54. The Labute approximate surface area is 107 Å². The summed E-state index contributed by atoms with van der Waals surface area (Å²) < 4.78 is 5.07. The molecule has 1 N–H and O–H groups in total. The van der Waals surface area contributed by atoms with Gasteiger partial charge in [0, 0.05) is 32.0 Å². The first-order chi connectivity index (χ1) is 8.67. The lowest BCUT2D eigenvalue weighted by molar-refractivity contribution is -0.131. The van der Waals surface area contributed by atoms with Crippen molar-refractivity contribution in [2.75, 3.05) is 31.7 Å². The molecule has 98 valence electrons. The van der Waals surface area contributed by atoms with Crippen LogP contribution in [0.4, 0.5) is 5.69 Å². The molecule has 0 heterocycles. The van der Waals surface area contributed by atoms with Gasteiger partial charge in [-0.2, -0.15) is 0 Å². The summed E-state index contributed by atoms with van der Waals surface area (Å²) >= 11 is 0. The molecule has 4 nitrogen and oxygen atoms in total. The molecule has 0 aliphatic carbocycles. The largest absolute Gasteiger partial charge is 0.478 e. The molecule has 18 heavy (non-hydrogen) atoms. The second-order valence-corrected chi connectivity index (χ2v) is 3.84. The van der Waals surface area contributed by atoms with Crippen LogP contribution in [0.15, 0.2) is 30.3 Å². The Morgan fingerprint density at radius 3 is 2.56 bits per heavy atom. The van der Waals surface area contributed by atoms with Crippen molar-refractivity contribution in [1.29, 1.82) is 0 Å². The molecule has 0 bridgehead atoms. The van der Waals surface area contributed by atoms with Gasteiger partial charge in [0.25, 0.3) is 0 Å². The number of anilines is 1. The zero-order valence-corrected chi connectivity index (χ0v) is 10.8. The lowest BCUT2D eigenvalue weighted by Crippen LogP contribution is -2.26. The molecule has 0 aromatic heterocycles. The number of carbonyl (C=O) groups is 1. The fraction of sp³-hybridized carbons (Fsp3) is 0.357. The van der Waals surface area contributed by atoms with Gasteiger partial charge in [0.2, 0.25) is 0 Å². The second-order valence-electron chi connectivity index (χ2n) is 3.84. The third-order valence-corrected chi connectivity index (χ3v) is 2.62. The Morgan fingerprint density at radius 2 is 2.06 bits per heavy atom. The minimum atomic E-state index is -0.936. The van der Waals surface area contributed by atoms with Crippen molar-refractivity contribution >= 4 is 17.7 Å². The van der Waals surface area contributed by atoms with E-state index in [1.807, 2.05) is 24.3 Å². The number of methoxy groups -OCH3 is 1. The minimum absolute atomic E-state index is 0.689. The van der Waals surface area contributed by atoms with Gasteiger partial charge < -0.3 is 14.7 Å². The molecule has 0 unspecified atom stereocenters. The Bertz CT molecular complexity index is 398. The van der Waals surface area contributed by atoms with E-state index in [2.05, 4.69) is 11.8 Å². The van der Waals surface area contributed by atoms with Crippen LogP contribution in [0.5, 0.6) is 0 Å². The Kier molecular flexibility index (Phi) is 5.94. The van der Waals surface area contributed by atoms with Crippen molar-refractivity contribution in [1.82, 2.24) is 0 Å². The molecule has 0 radical (unpaired) electrons. The SMILES string of the molecule is CCN(CCOC)c1ccc(/C=C/C(=O)O)cc1. The average Bonchev–Trinajstić information content (AvgIpc) is 2.38. The summed E-state index contributed by atoms with van der Waals surface area (Å²) in [6.07, 6.45) is 2.72. The van der Waals surface area contributed by atoms with Crippen LogP contribution in [-0.2, 0) is 9.53 Å². The fourth-order valence-electron chi connectivity index (χ4n) is 1.64. The first-order valence-corrected chi connectivity index (χ1v) is 5.92. The highest BCUT2D eigenvalue weighted by atomic mass is 16.5. The summed E-state index contributed by atoms with van der Waals surface area (Å²) in [5.41, 5.74) is 1.99. The number of ether oxygens (including phenoxy) is 1. The molecule has 0 saturated carbocycles. The minimum Gasteiger partial charge on any atom is -0.478 e. The fourth-order valence-corrected chi connectivity index (χ4v) is 1.64. The predicted octanol–water partition coefficient (Wildman–Crippen LogP) is 2.26. The summed E-state index contributed by atoms with van der Waals surface area (Å²) in [5.74, 6) is -0.936. The maximum absolute atomic E-state index is 10.4. The van der Waals surface area contributed by atoms with E-state index >= 15 is 0 Å². The average molecular weight is 249 g/mol. The number of rotatable bonds is 7. The van der Waals surface area contributed by atoms with E-state index in [1.165, 1.54) is 0 Å². The van der Waals surface area contributed by atoms with Crippen LogP contribution in [0, 0.1) is 0 Å². The van der Waals surface area contributed by atoms with Gasteiger partial charge in [-0.05, 0) is 30.7 Å². The quantitative estimate of drug-likeness (QED) is 0.753. The van der Waals surface area contributed by atoms with Gasteiger partial charge in [-0.15, -0.1) is 0 Å². The van der Waals surface area contributed by atoms with Gasteiger partial charge in [-0.1, -0.05) is 12.1 Å². The molecule has 0 fully saturated rings. The van der Waals surface area contributed by atoms with Gasteiger partial charge in [0.05, 0.1) is 6.61 Å². The van der Waals surface area contributed by atoms with E-state index in [4.69, 9.17) is 9.84 Å². The third kappa shape index (κ3) is 4.59. The molecule has 0 spiro atoms. The van der Waals surface area contributed by atoms with Gasteiger partial charge in [0.1, 0.15) is 0 Å². The first-order valence-electron chi connectivity index (χ1n) is 5.92. The van der Waals surface area contributed by atoms with Crippen LogP contribution in [0.25, 0.3) is 6.08 Å². The number of likely N-dealkylation sites (N-methyl/N-ethyl adjacent to an activating group) is 1. The topological polar surface area (TPSA) is 49.8 Å². The number of hydrogen-bond acceptors (Lipinski definition) is 3. The van der Waals surface area contributed by atoms with E-state index in [0.29, 0.717) is 6.61 Å². The van der Waals surface area contributed by atoms with Gasteiger partial charge in [0.15, 0.2) is 0 Å². The number of nitrogens with zero attached hydrogens (tertiary/aromatic N) is 1. The number of aliphatic carboxylic acids is 1. The Hall–Kier alpha value is -1.81. The monoisotopic (exact) mass is 249 g/mol. The van der Waals surface area contributed by atoms with E-state index in [-0.39, 0.29) is 0 Å². The molecule has 0 amide bonds. The lowest BCUT2D eigenvalue weighted by atomic mass is 10.2. The summed E-state index contributed by atoms with van der Waals surface area (Å²) in [4.78, 5) is 12.6. The van der Waals surface area contributed by atoms with Gasteiger partial charge in [-0.3, -0.25) is 0 Å². The molecule has 0 saturated heterocycles. The maximum atomic E-state index is 10.4. The standard InChI is InChI=1S/C14H19NO3/c1-3-15(10-11-18-2)13-7-4-12(5-8-13)6-9-14(16)17/h4-9H,3,10-11H2,1-2H3,(H,16,17)/b9-6+. The number of carboxylic acid groups (broad SMARTS) is 1. The van der Waals surface area contributed by atoms with E-state index in [9.17, 15) is 4.79 Å². The van der Waals surface area contributed by atoms with E-state index in [0.717, 1.165) is 30.4 Å². The van der Waals surface area contributed by atoms with Crippen molar-refractivity contribution < 1.29 is 14.6 Å². The molecule has 0 aliphatic heterocycles. The summed E-state index contributed by atoms with van der Waals surface area (Å²) in [6.45, 7) is 4.54. The predicted molar refractivity (Wildman–Crippen MR) is 72.9 cm³/mol. The van der Waals surface area contributed by atoms with Crippen LogP contribution < -0.4 is 4.90 Å². The summed E-state index contributed by atoms with van der Waals surface area (Å²) in [6, 6.07) is 7.79. The summed E-state index contributed by atoms with van der Waals surface area (Å²) in [7, 11) is 1.69. The molecule has 1 aromatic carbocycles.